The van der Waals surface area contributed by atoms with Crippen LogP contribution in [0.2, 0.25) is 0 Å². The van der Waals surface area contributed by atoms with Crippen molar-refractivity contribution >= 4 is 23.6 Å². The van der Waals surface area contributed by atoms with Crippen LogP contribution in [-0.2, 0) is 9.53 Å². The molecule has 5 nitrogen and oxygen atoms in total. The van der Waals surface area contributed by atoms with Gasteiger partial charge < -0.3 is 14.9 Å². The van der Waals surface area contributed by atoms with E-state index in [4.69, 9.17) is 0 Å². The Morgan fingerprint density at radius 3 is 2.62 bits per heavy atom. The third-order valence-electron chi connectivity index (χ3n) is 2.10. The van der Waals surface area contributed by atoms with Crippen molar-refractivity contribution in [2.75, 3.05) is 7.11 Å². The van der Waals surface area contributed by atoms with Crippen LogP contribution in [0.3, 0.4) is 0 Å². The normalized spacial score (nSPS) is 14.2. The Morgan fingerprint density at radius 1 is 1.56 bits per heavy atom. The zero-order chi connectivity index (χ0) is 12.3. The highest BCUT2D eigenvalue weighted by Crippen LogP contribution is 2.29. The van der Waals surface area contributed by atoms with E-state index in [0.717, 1.165) is 18.4 Å². The highest BCUT2D eigenvalue weighted by atomic mass is 32.1. The predicted octanol–water partition coefficient (Wildman–Crippen LogP) is 0.436. The van der Waals surface area contributed by atoms with Crippen molar-refractivity contribution in [3.05, 3.63) is 21.4 Å². The van der Waals surface area contributed by atoms with E-state index in [2.05, 4.69) is 4.74 Å². The van der Waals surface area contributed by atoms with Gasteiger partial charge in [-0.05, 0) is 18.6 Å². The van der Waals surface area contributed by atoms with Gasteiger partial charge >= 0.3 is 5.97 Å². The molecule has 0 radical (unpaired) electrons. The Kier molecular flexibility index (Phi) is 4.17. The van der Waals surface area contributed by atoms with Gasteiger partial charge in [-0.3, -0.25) is 4.79 Å². The molecular formula is C10H12O5S. The van der Waals surface area contributed by atoms with Crippen LogP contribution >= 0.6 is 11.3 Å². The molecule has 2 atom stereocenters. The Hall–Kier alpha value is -1.24. The molecule has 0 aliphatic carbocycles. The van der Waals surface area contributed by atoms with Gasteiger partial charge in [0.1, 0.15) is 6.10 Å². The zero-order valence-electron chi connectivity index (χ0n) is 8.84. The van der Waals surface area contributed by atoms with Crippen molar-refractivity contribution in [3.8, 4) is 0 Å². The van der Waals surface area contributed by atoms with E-state index < -0.39 is 18.2 Å². The molecule has 0 aliphatic heterocycles. The van der Waals surface area contributed by atoms with Gasteiger partial charge in [0, 0.05) is 4.88 Å². The summed E-state index contributed by atoms with van der Waals surface area (Å²) in [4.78, 5) is 22.4. The first-order chi connectivity index (χ1) is 7.51. The number of hydrogen-bond donors (Lipinski definition) is 2. The van der Waals surface area contributed by atoms with E-state index in [1.165, 1.54) is 0 Å². The summed E-state index contributed by atoms with van der Waals surface area (Å²) in [6, 6.07) is 1.58. The summed E-state index contributed by atoms with van der Waals surface area (Å²) in [5.41, 5.74) is 0.655. The lowest BCUT2D eigenvalue weighted by Crippen LogP contribution is -2.28. The summed E-state index contributed by atoms with van der Waals surface area (Å²) >= 11 is 1.04. The number of hydrogen-bond acceptors (Lipinski definition) is 6. The minimum absolute atomic E-state index is 0.389. The number of carbonyl (C=O) groups is 2. The van der Waals surface area contributed by atoms with E-state index in [9.17, 15) is 19.8 Å². The maximum absolute atomic E-state index is 11.0. The Labute approximate surface area is 96.3 Å². The number of esters is 1. The lowest BCUT2D eigenvalue weighted by Gasteiger charge is -2.14. The first kappa shape index (κ1) is 12.8. The predicted molar refractivity (Wildman–Crippen MR) is 57.4 cm³/mol. The molecule has 0 fully saturated rings. The number of aliphatic hydroxyl groups is 2. The molecule has 2 unspecified atom stereocenters. The molecule has 1 aromatic heterocycles. The third kappa shape index (κ3) is 2.46. The smallest absolute Gasteiger partial charge is 0.337 e. The molecule has 1 rings (SSSR count). The second-order valence-electron chi connectivity index (χ2n) is 3.23. The first-order valence-electron chi connectivity index (χ1n) is 4.50. The molecule has 0 spiro atoms. The summed E-state index contributed by atoms with van der Waals surface area (Å²) in [6.07, 6.45) is -2.36. The standard InChI is InChI=1S/C10H12O5S/c1-5-3-6(4-11)16-9(5)7(12)8(13)10(14)15-2/h3-4,7-8,12-13H,1-2H3. The number of ether oxygens (including phenoxy) is 1. The summed E-state index contributed by atoms with van der Waals surface area (Å²) in [5.74, 6) is -0.909. The molecule has 0 bridgehead atoms. The third-order valence-corrected chi connectivity index (χ3v) is 3.33. The van der Waals surface area contributed by atoms with Crippen molar-refractivity contribution < 1.29 is 24.5 Å². The van der Waals surface area contributed by atoms with E-state index >= 15 is 0 Å². The van der Waals surface area contributed by atoms with Gasteiger partial charge in [0.15, 0.2) is 12.4 Å². The minimum atomic E-state index is -1.64. The molecule has 88 valence electrons. The Morgan fingerprint density at radius 2 is 2.19 bits per heavy atom. The van der Waals surface area contributed by atoms with Crippen molar-refractivity contribution in [2.24, 2.45) is 0 Å². The van der Waals surface area contributed by atoms with Crippen molar-refractivity contribution in [1.29, 1.82) is 0 Å². The Balaban J connectivity index is 2.94. The topological polar surface area (TPSA) is 83.8 Å². The molecule has 0 aromatic carbocycles. The fourth-order valence-corrected chi connectivity index (χ4v) is 2.27. The Bertz CT molecular complexity index is 398. The second-order valence-corrected chi connectivity index (χ2v) is 4.34. The van der Waals surface area contributed by atoms with E-state index in [1.807, 2.05) is 0 Å². The average molecular weight is 244 g/mol. The van der Waals surface area contributed by atoms with Gasteiger partial charge in [0.2, 0.25) is 0 Å². The van der Waals surface area contributed by atoms with Gasteiger partial charge in [0.05, 0.1) is 12.0 Å². The van der Waals surface area contributed by atoms with E-state index in [0.29, 0.717) is 21.6 Å². The number of aldehydes is 1. The SMILES string of the molecule is COC(=O)C(O)C(O)c1sc(C=O)cc1C. The fraction of sp³-hybridized carbons (Fsp3) is 0.400. The summed E-state index contributed by atoms with van der Waals surface area (Å²) in [7, 11) is 1.12. The molecular weight excluding hydrogens is 232 g/mol. The monoisotopic (exact) mass is 244 g/mol. The number of aliphatic hydroxyl groups excluding tert-OH is 2. The van der Waals surface area contributed by atoms with Crippen LogP contribution in [0.5, 0.6) is 0 Å². The highest BCUT2D eigenvalue weighted by Gasteiger charge is 2.29. The van der Waals surface area contributed by atoms with Crippen LogP contribution in [0.25, 0.3) is 0 Å². The summed E-state index contributed by atoms with van der Waals surface area (Å²) < 4.78 is 4.31. The molecule has 0 saturated heterocycles. The molecule has 1 heterocycles. The van der Waals surface area contributed by atoms with Crippen LogP contribution in [-0.4, -0.2) is 35.7 Å². The maximum atomic E-state index is 11.0. The average Bonchev–Trinajstić information content (AvgIpc) is 2.67. The van der Waals surface area contributed by atoms with E-state index in [-0.39, 0.29) is 0 Å². The lowest BCUT2D eigenvalue weighted by atomic mass is 10.1. The minimum Gasteiger partial charge on any atom is -0.467 e. The molecule has 2 N–H and O–H groups in total. The van der Waals surface area contributed by atoms with Gasteiger partial charge in [0.25, 0.3) is 0 Å². The number of rotatable bonds is 4. The summed E-state index contributed by atoms with van der Waals surface area (Å²) in [6.45, 7) is 1.69. The fourth-order valence-electron chi connectivity index (χ4n) is 1.27. The van der Waals surface area contributed by atoms with E-state index in [1.54, 1.807) is 13.0 Å². The van der Waals surface area contributed by atoms with Crippen molar-refractivity contribution in [3.63, 3.8) is 0 Å². The molecule has 0 saturated carbocycles. The van der Waals surface area contributed by atoms with Gasteiger partial charge in [-0.15, -0.1) is 11.3 Å². The van der Waals surface area contributed by atoms with Gasteiger partial charge in [-0.1, -0.05) is 0 Å². The quantitative estimate of drug-likeness (QED) is 0.593. The second kappa shape index (κ2) is 5.20. The first-order valence-corrected chi connectivity index (χ1v) is 5.32. The number of thiophene rings is 1. The van der Waals surface area contributed by atoms with Crippen LogP contribution < -0.4 is 0 Å². The van der Waals surface area contributed by atoms with Crippen LogP contribution in [0, 0.1) is 6.92 Å². The molecule has 0 amide bonds. The number of methoxy groups -OCH3 is 1. The maximum Gasteiger partial charge on any atom is 0.337 e. The van der Waals surface area contributed by atoms with Crippen LogP contribution in [0.1, 0.15) is 26.2 Å². The summed E-state index contributed by atoms with van der Waals surface area (Å²) in [5, 5.41) is 19.2. The molecule has 0 aliphatic rings. The largest absolute Gasteiger partial charge is 0.467 e. The van der Waals surface area contributed by atoms with Crippen LogP contribution in [0.15, 0.2) is 6.07 Å². The van der Waals surface area contributed by atoms with Crippen LogP contribution in [0.4, 0.5) is 0 Å². The molecule has 6 heteroatoms. The lowest BCUT2D eigenvalue weighted by molar-refractivity contribution is -0.156. The molecule has 1 aromatic rings. The van der Waals surface area contributed by atoms with Gasteiger partial charge in [-0.2, -0.15) is 0 Å². The van der Waals surface area contributed by atoms with Crippen molar-refractivity contribution in [1.82, 2.24) is 0 Å². The number of carbonyl (C=O) groups excluding carboxylic acids is 2. The van der Waals surface area contributed by atoms with Crippen molar-refractivity contribution in [2.45, 2.75) is 19.1 Å². The highest BCUT2D eigenvalue weighted by molar-refractivity contribution is 7.13. The molecule has 16 heavy (non-hydrogen) atoms. The van der Waals surface area contributed by atoms with Gasteiger partial charge in [-0.25, -0.2) is 4.79 Å². The number of aryl methyl sites for hydroxylation is 1. The zero-order valence-corrected chi connectivity index (χ0v) is 9.65.